The van der Waals surface area contributed by atoms with Gasteiger partial charge in [0.15, 0.2) is 0 Å². The van der Waals surface area contributed by atoms with E-state index in [0.29, 0.717) is 12.0 Å². The molecular formula is C13H16FNO. The zero-order chi connectivity index (χ0) is 11.4. The Morgan fingerprint density at radius 3 is 2.38 bits per heavy atom. The number of methoxy groups -OCH3 is 1. The summed E-state index contributed by atoms with van der Waals surface area (Å²) in [4.78, 5) is 2.09. The molecule has 0 aliphatic carbocycles. The molecule has 0 bridgehead atoms. The largest absolute Gasteiger partial charge is 0.497 e. The maximum Gasteiger partial charge on any atom is 0.118 e. The van der Waals surface area contributed by atoms with E-state index in [1.807, 2.05) is 24.3 Å². The Labute approximate surface area is 95.3 Å². The highest BCUT2D eigenvalue weighted by molar-refractivity contribution is 5.64. The zero-order valence-electron chi connectivity index (χ0n) is 9.45. The van der Waals surface area contributed by atoms with Crippen LogP contribution in [-0.2, 0) is 0 Å². The van der Waals surface area contributed by atoms with Gasteiger partial charge in [-0.1, -0.05) is 0 Å². The Kier molecular flexibility index (Phi) is 3.44. The van der Waals surface area contributed by atoms with Crippen LogP contribution in [0.2, 0.25) is 0 Å². The van der Waals surface area contributed by atoms with Crippen molar-refractivity contribution < 1.29 is 9.13 Å². The van der Waals surface area contributed by atoms with Crippen molar-refractivity contribution >= 4 is 5.70 Å². The minimum atomic E-state index is 0.681. The van der Waals surface area contributed by atoms with Gasteiger partial charge < -0.3 is 9.64 Å². The lowest BCUT2D eigenvalue weighted by atomic mass is 10.1. The monoisotopic (exact) mass is 221 g/mol. The van der Waals surface area contributed by atoms with Crippen molar-refractivity contribution in [2.75, 3.05) is 20.2 Å². The second kappa shape index (κ2) is 5.01. The van der Waals surface area contributed by atoms with Crippen LogP contribution in [0.4, 0.5) is 4.39 Å². The van der Waals surface area contributed by atoms with Gasteiger partial charge in [-0.25, -0.2) is 4.39 Å². The molecule has 0 N–H and O–H groups in total. The highest BCUT2D eigenvalue weighted by Gasteiger charge is 2.16. The summed E-state index contributed by atoms with van der Waals surface area (Å²) in [6, 6.07) is 7.49. The van der Waals surface area contributed by atoms with Crippen molar-refractivity contribution in [3.8, 4) is 5.75 Å². The molecule has 0 aromatic heterocycles. The molecule has 1 aliphatic rings. The van der Waals surface area contributed by atoms with Crippen molar-refractivity contribution in [2.45, 2.75) is 12.8 Å². The number of ether oxygens (including phenoxy) is 1. The molecular weight excluding hydrogens is 205 g/mol. The smallest absolute Gasteiger partial charge is 0.118 e. The molecule has 0 atom stereocenters. The number of likely N-dealkylation sites (tertiary alicyclic amines) is 1. The van der Waals surface area contributed by atoms with Crippen molar-refractivity contribution in [3.05, 3.63) is 36.2 Å². The standard InChI is InChI=1S/C13H16FNO/c1-16-12-6-4-11(5-7-12)13(10-14)15-8-2-3-9-15/h4-7,10H,2-3,8-9H2,1H3/b13-10-. The van der Waals surface area contributed by atoms with Gasteiger partial charge in [-0.3, -0.25) is 0 Å². The number of benzene rings is 1. The summed E-state index contributed by atoms with van der Waals surface area (Å²) in [6.07, 6.45) is 2.99. The Hall–Kier alpha value is -1.51. The van der Waals surface area contributed by atoms with Gasteiger partial charge in [-0.2, -0.15) is 0 Å². The van der Waals surface area contributed by atoms with E-state index in [2.05, 4.69) is 4.90 Å². The molecule has 1 fully saturated rings. The topological polar surface area (TPSA) is 12.5 Å². The van der Waals surface area contributed by atoms with E-state index < -0.39 is 0 Å². The van der Waals surface area contributed by atoms with Crippen LogP contribution in [-0.4, -0.2) is 25.1 Å². The zero-order valence-corrected chi connectivity index (χ0v) is 9.45. The van der Waals surface area contributed by atoms with Crippen LogP contribution in [0.25, 0.3) is 5.70 Å². The maximum absolute atomic E-state index is 12.9. The lowest BCUT2D eigenvalue weighted by Gasteiger charge is -2.20. The molecule has 3 heteroatoms. The molecule has 1 saturated heterocycles. The summed E-state index contributed by atoms with van der Waals surface area (Å²) in [6.45, 7) is 1.89. The molecule has 2 nitrogen and oxygen atoms in total. The quantitative estimate of drug-likeness (QED) is 0.777. The highest BCUT2D eigenvalue weighted by Crippen LogP contribution is 2.25. The third-order valence-corrected chi connectivity index (χ3v) is 2.94. The van der Waals surface area contributed by atoms with Gasteiger partial charge in [0.2, 0.25) is 0 Å². The lowest BCUT2D eigenvalue weighted by molar-refractivity contribution is 0.414. The summed E-state index contributed by atoms with van der Waals surface area (Å²) in [5, 5.41) is 0. The molecule has 0 amide bonds. The fraction of sp³-hybridized carbons (Fsp3) is 0.385. The SMILES string of the molecule is COc1ccc(/C(=C/F)N2CCCC2)cc1. The van der Waals surface area contributed by atoms with Gasteiger partial charge in [-0.05, 0) is 37.1 Å². The summed E-state index contributed by atoms with van der Waals surface area (Å²) in [5.41, 5.74) is 1.59. The molecule has 0 radical (unpaired) electrons. The molecule has 1 aromatic carbocycles. The number of halogens is 1. The first-order chi connectivity index (χ1) is 7.85. The van der Waals surface area contributed by atoms with Crippen molar-refractivity contribution in [1.29, 1.82) is 0 Å². The maximum atomic E-state index is 12.9. The van der Waals surface area contributed by atoms with Crippen LogP contribution in [0, 0.1) is 0 Å². The van der Waals surface area contributed by atoms with E-state index in [9.17, 15) is 4.39 Å². The minimum Gasteiger partial charge on any atom is -0.497 e. The summed E-state index contributed by atoms with van der Waals surface area (Å²) >= 11 is 0. The number of nitrogens with zero attached hydrogens (tertiary/aromatic N) is 1. The predicted octanol–water partition coefficient (Wildman–Crippen LogP) is 3.06. The normalized spacial score (nSPS) is 16.6. The molecule has 0 spiro atoms. The van der Waals surface area contributed by atoms with Crippen molar-refractivity contribution in [1.82, 2.24) is 4.90 Å². The van der Waals surface area contributed by atoms with E-state index in [-0.39, 0.29) is 0 Å². The minimum absolute atomic E-state index is 0.681. The van der Waals surface area contributed by atoms with E-state index in [1.54, 1.807) is 7.11 Å². The molecule has 0 saturated carbocycles. The van der Waals surface area contributed by atoms with Crippen LogP contribution < -0.4 is 4.74 Å². The van der Waals surface area contributed by atoms with Gasteiger partial charge in [0, 0.05) is 18.7 Å². The average molecular weight is 221 g/mol. The van der Waals surface area contributed by atoms with Crippen molar-refractivity contribution in [3.63, 3.8) is 0 Å². The third-order valence-electron chi connectivity index (χ3n) is 2.94. The predicted molar refractivity (Wildman–Crippen MR) is 62.9 cm³/mol. The van der Waals surface area contributed by atoms with Crippen LogP contribution >= 0.6 is 0 Å². The molecule has 1 aromatic rings. The van der Waals surface area contributed by atoms with E-state index in [0.717, 1.165) is 37.2 Å². The van der Waals surface area contributed by atoms with Crippen LogP contribution in [0.1, 0.15) is 18.4 Å². The Balaban J connectivity index is 2.19. The second-order valence-electron chi connectivity index (χ2n) is 3.92. The molecule has 86 valence electrons. The average Bonchev–Trinajstić information content (AvgIpc) is 2.85. The lowest BCUT2D eigenvalue weighted by Crippen LogP contribution is -2.17. The van der Waals surface area contributed by atoms with Crippen LogP contribution in [0.3, 0.4) is 0 Å². The van der Waals surface area contributed by atoms with Crippen LogP contribution in [0.15, 0.2) is 30.6 Å². The van der Waals surface area contributed by atoms with Gasteiger partial charge in [0.1, 0.15) is 12.1 Å². The molecule has 1 aliphatic heterocycles. The summed E-state index contributed by atoms with van der Waals surface area (Å²) < 4.78 is 18.0. The molecule has 16 heavy (non-hydrogen) atoms. The first kappa shape index (κ1) is 11.0. The van der Waals surface area contributed by atoms with E-state index >= 15 is 0 Å². The second-order valence-corrected chi connectivity index (χ2v) is 3.92. The van der Waals surface area contributed by atoms with E-state index in [1.165, 1.54) is 0 Å². The van der Waals surface area contributed by atoms with E-state index in [4.69, 9.17) is 4.74 Å². The number of hydrogen-bond donors (Lipinski definition) is 0. The van der Waals surface area contributed by atoms with Crippen LogP contribution in [0.5, 0.6) is 5.75 Å². The Morgan fingerprint density at radius 1 is 1.25 bits per heavy atom. The summed E-state index contributed by atoms with van der Waals surface area (Å²) in [5.74, 6) is 0.795. The molecule has 2 rings (SSSR count). The number of rotatable bonds is 3. The van der Waals surface area contributed by atoms with Crippen molar-refractivity contribution in [2.24, 2.45) is 0 Å². The van der Waals surface area contributed by atoms with Gasteiger partial charge in [-0.15, -0.1) is 0 Å². The fourth-order valence-corrected chi connectivity index (χ4v) is 2.03. The fourth-order valence-electron chi connectivity index (χ4n) is 2.03. The highest BCUT2D eigenvalue weighted by atomic mass is 19.1. The van der Waals surface area contributed by atoms with Gasteiger partial charge in [0.25, 0.3) is 0 Å². The first-order valence-corrected chi connectivity index (χ1v) is 5.55. The first-order valence-electron chi connectivity index (χ1n) is 5.55. The molecule has 1 heterocycles. The third kappa shape index (κ3) is 2.18. The Morgan fingerprint density at radius 2 is 1.88 bits per heavy atom. The molecule has 0 unspecified atom stereocenters. The Bertz CT molecular complexity index is 366. The van der Waals surface area contributed by atoms with Gasteiger partial charge >= 0.3 is 0 Å². The van der Waals surface area contributed by atoms with Gasteiger partial charge in [0.05, 0.1) is 12.8 Å². The summed E-state index contributed by atoms with van der Waals surface area (Å²) in [7, 11) is 1.63. The number of hydrogen-bond acceptors (Lipinski definition) is 2.